The van der Waals surface area contributed by atoms with E-state index in [0.29, 0.717) is 5.75 Å². The van der Waals surface area contributed by atoms with Crippen molar-refractivity contribution in [3.8, 4) is 5.75 Å². The summed E-state index contributed by atoms with van der Waals surface area (Å²) >= 11 is 6.75. The van der Waals surface area contributed by atoms with Crippen LogP contribution in [0.1, 0.15) is 39.5 Å². The summed E-state index contributed by atoms with van der Waals surface area (Å²) in [5, 5.41) is 4.15. The summed E-state index contributed by atoms with van der Waals surface area (Å²) in [7, 11) is 0. The molecule has 0 bridgehead atoms. The fraction of sp³-hybridized carbons (Fsp3) is 0.467. The average Bonchev–Trinajstić information content (AvgIpc) is 2.46. The molecule has 1 aromatic rings. The van der Waals surface area contributed by atoms with Crippen molar-refractivity contribution in [1.29, 1.82) is 0 Å². The van der Waals surface area contributed by atoms with Crippen LogP contribution in [-0.2, 0) is 4.79 Å². The molecule has 0 radical (unpaired) electrons. The Kier molecular flexibility index (Phi) is 8.61. The standard InChI is InChI=1S/C15H20Br2N2O2/c1-3-5-6-12(4-2)18-19-15(20)10-21-14-8-7-11(16)9-13(14)17/h7-9H,3-6,10H2,1-2H3,(H,19,20)/b18-12+. The molecule has 0 aliphatic rings. The van der Waals surface area contributed by atoms with E-state index < -0.39 is 0 Å². The van der Waals surface area contributed by atoms with Crippen molar-refractivity contribution in [2.45, 2.75) is 39.5 Å². The largest absolute Gasteiger partial charge is 0.483 e. The van der Waals surface area contributed by atoms with Crippen LogP contribution < -0.4 is 10.2 Å². The lowest BCUT2D eigenvalue weighted by Crippen LogP contribution is -2.25. The molecule has 4 nitrogen and oxygen atoms in total. The number of amides is 1. The Morgan fingerprint density at radius 2 is 2.10 bits per heavy atom. The third-order valence-corrected chi connectivity index (χ3v) is 3.93. The minimum Gasteiger partial charge on any atom is -0.483 e. The number of carbonyl (C=O) groups excluding carboxylic acids is 1. The third kappa shape index (κ3) is 7.09. The number of nitrogens with one attached hydrogen (secondary N) is 1. The van der Waals surface area contributed by atoms with E-state index in [1.165, 1.54) is 0 Å². The van der Waals surface area contributed by atoms with E-state index in [2.05, 4.69) is 49.3 Å². The lowest BCUT2D eigenvalue weighted by atomic mass is 10.1. The predicted molar refractivity (Wildman–Crippen MR) is 92.7 cm³/mol. The van der Waals surface area contributed by atoms with E-state index in [0.717, 1.165) is 40.3 Å². The van der Waals surface area contributed by atoms with Crippen molar-refractivity contribution in [1.82, 2.24) is 5.43 Å². The summed E-state index contributed by atoms with van der Waals surface area (Å²) in [6.07, 6.45) is 3.98. The maximum atomic E-state index is 11.7. The van der Waals surface area contributed by atoms with Crippen LogP contribution in [0.2, 0.25) is 0 Å². The molecule has 1 rings (SSSR count). The number of ether oxygens (including phenoxy) is 1. The third-order valence-electron chi connectivity index (χ3n) is 2.82. The lowest BCUT2D eigenvalue weighted by molar-refractivity contribution is -0.123. The minimum atomic E-state index is -0.257. The maximum Gasteiger partial charge on any atom is 0.277 e. The molecule has 0 saturated heterocycles. The average molecular weight is 420 g/mol. The number of rotatable bonds is 8. The van der Waals surface area contributed by atoms with Crippen molar-refractivity contribution in [2.75, 3.05) is 6.61 Å². The molecule has 0 unspecified atom stereocenters. The number of nitrogens with zero attached hydrogens (tertiary/aromatic N) is 1. The van der Waals surface area contributed by atoms with Gasteiger partial charge in [-0.05, 0) is 53.4 Å². The van der Waals surface area contributed by atoms with Gasteiger partial charge in [0.2, 0.25) is 0 Å². The Hall–Kier alpha value is -0.880. The molecule has 0 aliphatic carbocycles. The molecule has 0 fully saturated rings. The van der Waals surface area contributed by atoms with Gasteiger partial charge in [-0.15, -0.1) is 0 Å². The van der Waals surface area contributed by atoms with Gasteiger partial charge < -0.3 is 4.74 Å². The highest BCUT2D eigenvalue weighted by Crippen LogP contribution is 2.27. The number of hydrazone groups is 1. The zero-order valence-corrected chi connectivity index (χ0v) is 15.5. The summed E-state index contributed by atoms with van der Waals surface area (Å²) in [6.45, 7) is 4.11. The first-order chi connectivity index (χ1) is 10.1. The van der Waals surface area contributed by atoms with Crippen LogP contribution in [0, 0.1) is 0 Å². The number of unbranched alkanes of at least 4 members (excludes halogenated alkanes) is 1. The second-order valence-corrected chi connectivity index (χ2v) is 6.30. The van der Waals surface area contributed by atoms with E-state index >= 15 is 0 Å². The van der Waals surface area contributed by atoms with Crippen LogP contribution >= 0.6 is 31.9 Å². The molecule has 0 aliphatic heterocycles. The summed E-state index contributed by atoms with van der Waals surface area (Å²) in [4.78, 5) is 11.7. The summed E-state index contributed by atoms with van der Waals surface area (Å²) in [5.41, 5.74) is 3.55. The molecule has 0 spiro atoms. The summed E-state index contributed by atoms with van der Waals surface area (Å²) in [5.74, 6) is 0.367. The quantitative estimate of drug-likeness (QED) is 0.491. The number of carbonyl (C=O) groups is 1. The van der Waals surface area contributed by atoms with E-state index in [4.69, 9.17) is 4.74 Å². The van der Waals surface area contributed by atoms with Crippen LogP contribution in [-0.4, -0.2) is 18.2 Å². The molecule has 1 aromatic carbocycles. The molecule has 6 heteroatoms. The second-order valence-electron chi connectivity index (χ2n) is 4.53. The van der Waals surface area contributed by atoms with Gasteiger partial charge in [-0.25, -0.2) is 5.43 Å². The van der Waals surface area contributed by atoms with Crippen LogP contribution in [0.3, 0.4) is 0 Å². The minimum absolute atomic E-state index is 0.0610. The number of hydrogen-bond acceptors (Lipinski definition) is 3. The Morgan fingerprint density at radius 1 is 1.33 bits per heavy atom. The number of hydrogen-bond donors (Lipinski definition) is 1. The zero-order chi connectivity index (χ0) is 15.7. The first-order valence-electron chi connectivity index (χ1n) is 6.99. The molecule has 1 amide bonds. The first kappa shape index (κ1) is 18.2. The van der Waals surface area contributed by atoms with Crippen molar-refractivity contribution in [3.63, 3.8) is 0 Å². The Bertz CT molecular complexity index is 504. The van der Waals surface area contributed by atoms with Gasteiger partial charge in [0.05, 0.1) is 4.47 Å². The topological polar surface area (TPSA) is 50.7 Å². The highest BCUT2D eigenvalue weighted by atomic mass is 79.9. The van der Waals surface area contributed by atoms with Crippen molar-refractivity contribution in [2.24, 2.45) is 5.10 Å². The predicted octanol–water partition coefficient (Wildman–Crippen LogP) is 4.66. The molecule has 0 saturated carbocycles. The van der Waals surface area contributed by atoms with Gasteiger partial charge >= 0.3 is 0 Å². The summed E-state index contributed by atoms with van der Waals surface area (Å²) in [6, 6.07) is 5.52. The SMILES string of the molecule is CCCC/C(CC)=N/NC(=O)COc1ccc(Br)cc1Br. The molecule has 116 valence electrons. The van der Waals surface area contributed by atoms with Gasteiger partial charge in [0.1, 0.15) is 5.75 Å². The smallest absolute Gasteiger partial charge is 0.277 e. The molecule has 1 N–H and O–H groups in total. The van der Waals surface area contributed by atoms with Gasteiger partial charge in [-0.3, -0.25) is 4.79 Å². The van der Waals surface area contributed by atoms with Crippen molar-refractivity contribution < 1.29 is 9.53 Å². The molecular weight excluding hydrogens is 400 g/mol. The van der Waals surface area contributed by atoms with Crippen LogP contribution in [0.4, 0.5) is 0 Å². The molecule has 21 heavy (non-hydrogen) atoms. The second kappa shape index (κ2) is 9.95. The van der Waals surface area contributed by atoms with Gasteiger partial charge in [-0.2, -0.15) is 5.10 Å². The van der Waals surface area contributed by atoms with Crippen LogP contribution in [0.15, 0.2) is 32.2 Å². The molecule has 0 heterocycles. The Morgan fingerprint density at radius 3 is 2.71 bits per heavy atom. The van der Waals surface area contributed by atoms with E-state index in [9.17, 15) is 4.79 Å². The molecular formula is C15H20Br2N2O2. The molecule has 0 atom stereocenters. The first-order valence-corrected chi connectivity index (χ1v) is 8.57. The van der Waals surface area contributed by atoms with E-state index in [1.54, 1.807) is 6.07 Å². The van der Waals surface area contributed by atoms with Crippen molar-refractivity contribution in [3.05, 3.63) is 27.1 Å². The van der Waals surface area contributed by atoms with Gasteiger partial charge in [-0.1, -0.05) is 36.2 Å². The van der Waals surface area contributed by atoms with Gasteiger partial charge in [0.25, 0.3) is 5.91 Å². The van der Waals surface area contributed by atoms with E-state index in [-0.39, 0.29) is 12.5 Å². The van der Waals surface area contributed by atoms with Crippen LogP contribution in [0.5, 0.6) is 5.75 Å². The monoisotopic (exact) mass is 418 g/mol. The lowest BCUT2D eigenvalue weighted by Gasteiger charge is -2.08. The number of halogens is 2. The van der Waals surface area contributed by atoms with Gasteiger partial charge in [0, 0.05) is 10.2 Å². The fourth-order valence-corrected chi connectivity index (χ4v) is 2.76. The molecule has 0 aromatic heterocycles. The van der Waals surface area contributed by atoms with E-state index in [1.807, 2.05) is 19.1 Å². The van der Waals surface area contributed by atoms with Crippen molar-refractivity contribution >= 4 is 43.5 Å². The highest BCUT2D eigenvalue weighted by Gasteiger charge is 2.06. The van der Waals surface area contributed by atoms with Crippen LogP contribution in [0.25, 0.3) is 0 Å². The zero-order valence-electron chi connectivity index (χ0n) is 12.3. The normalized spacial score (nSPS) is 11.3. The maximum absolute atomic E-state index is 11.7. The number of benzene rings is 1. The highest BCUT2D eigenvalue weighted by molar-refractivity contribution is 9.11. The van der Waals surface area contributed by atoms with Gasteiger partial charge in [0.15, 0.2) is 6.61 Å². The Balaban J connectivity index is 2.44. The Labute approximate surface area is 142 Å². The summed E-state index contributed by atoms with van der Waals surface area (Å²) < 4.78 is 7.19. The fourth-order valence-electron chi connectivity index (χ4n) is 1.60.